The standard InChI is InChI=1S/C14H11N5O4/c1-18-8-15-13(17-18)9-2-4-10(5-3-9)16-14(20)11-6-7-12(23-11)19(21)22/h2-8H,1H3,(H,16,20). The smallest absolute Gasteiger partial charge is 0.395 e. The third-order valence-corrected chi connectivity index (χ3v) is 3.00. The summed E-state index contributed by atoms with van der Waals surface area (Å²) in [5.74, 6) is -0.604. The van der Waals surface area contributed by atoms with Crippen LogP contribution in [0.2, 0.25) is 0 Å². The number of rotatable bonds is 4. The van der Waals surface area contributed by atoms with Gasteiger partial charge in [-0.25, -0.2) is 4.98 Å². The Morgan fingerprint density at radius 3 is 2.57 bits per heavy atom. The van der Waals surface area contributed by atoms with Crippen molar-refractivity contribution in [2.45, 2.75) is 0 Å². The Hall–Kier alpha value is -3.49. The highest BCUT2D eigenvalue weighted by molar-refractivity contribution is 6.02. The van der Waals surface area contributed by atoms with Crippen molar-refractivity contribution >= 4 is 17.5 Å². The largest absolute Gasteiger partial charge is 0.433 e. The summed E-state index contributed by atoms with van der Waals surface area (Å²) in [6.07, 6.45) is 1.59. The second kappa shape index (κ2) is 5.72. The maximum absolute atomic E-state index is 12.0. The summed E-state index contributed by atoms with van der Waals surface area (Å²) in [5, 5.41) is 17.3. The minimum atomic E-state index is -0.703. The first-order valence-corrected chi connectivity index (χ1v) is 6.54. The van der Waals surface area contributed by atoms with E-state index >= 15 is 0 Å². The fourth-order valence-corrected chi connectivity index (χ4v) is 1.91. The highest BCUT2D eigenvalue weighted by atomic mass is 16.6. The molecule has 1 aromatic carbocycles. The van der Waals surface area contributed by atoms with Gasteiger partial charge in [0.2, 0.25) is 0 Å². The number of aromatic nitrogens is 3. The van der Waals surface area contributed by atoms with Crippen LogP contribution in [0.15, 0.2) is 47.1 Å². The molecule has 1 N–H and O–H groups in total. The van der Waals surface area contributed by atoms with Crippen LogP contribution in [0.25, 0.3) is 11.4 Å². The van der Waals surface area contributed by atoms with E-state index in [-0.39, 0.29) is 5.76 Å². The van der Waals surface area contributed by atoms with Crippen molar-refractivity contribution in [3.05, 3.63) is 58.6 Å². The van der Waals surface area contributed by atoms with Crippen LogP contribution in [0.3, 0.4) is 0 Å². The van der Waals surface area contributed by atoms with Gasteiger partial charge in [0, 0.05) is 18.3 Å². The van der Waals surface area contributed by atoms with E-state index in [1.807, 2.05) is 0 Å². The predicted octanol–water partition coefficient (Wildman–Crippen LogP) is 2.24. The lowest BCUT2D eigenvalue weighted by Crippen LogP contribution is -2.10. The number of benzene rings is 1. The van der Waals surface area contributed by atoms with E-state index in [9.17, 15) is 14.9 Å². The molecule has 9 nitrogen and oxygen atoms in total. The first-order valence-electron chi connectivity index (χ1n) is 6.54. The van der Waals surface area contributed by atoms with Crippen molar-refractivity contribution in [3.8, 4) is 11.4 Å². The van der Waals surface area contributed by atoms with Crippen molar-refractivity contribution in [1.29, 1.82) is 0 Å². The lowest BCUT2D eigenvalue weighted by Gasteiger charge is -2.03. The molecule has 2 aromatic heterocycles. The van der Waals surface area contributed by atoms with Crippen molar-refractivity contribution in [1.82, 2.24) is 14.8 Å². The second-order valence-corrected chi connectivity index (χ2v) is 4.67. The van der Waals surface area contributed by atoms with E-state index in [0.29, 0.717) is 11.5 Å². The number of nitrogens with one attached hydrogen (secondary N) is 1. The number of aryl methyl sites for hydroxylation is 1. The van der Waals surface area contributed by atoms with Crippen LogP contribution < -0.4 is 5.32 Å². The number of amides is 1. The predicted molar refractivity (Wildman–Crippen MR) is 79.8 cm³/mol. The summed E-state index contributed by atoms with van der Waals surface area (Å²) in [5.41, 5.74) is 1.32. The molecule has 0 unspecified atom stereocenters. The van der Waals surface area contributed by atoms with Gasteiger partial charge in [0.1, 0.15) is 11.3 Å². The molecule has 0 atom stereocenters. The molecule has 0 aliphatic heterocycles. The van der Waals surface area contributed by atoms with E-state index in [1.165, 1.54) is 6.07 Å². The average molecular weight is 313 g/mol. The summed E-state index contributed by atoms with van der Waals surface area (Å²) < 4.78 is 6.43. The molecule has 0 aliphatic carbocycles. The van der Waals surface area contributed by atoms with Crippen LogP contribution in [-0.2, 0) is 7.05 Å². The molecule has 9 heteroatoms. The molecular formula is C14H11N5O4. The molecular weight excluding hydrogens is 302 g/mol. The summed E-state index contributed by atoms with van der Waals surface area (Å²) in [6, 6.07) is 9.26. The quantitative estimate of drug-likeness (QED) is 0.583. The Morgan fingerprint density at radius 1 is 1.26 bits per heavy atom. The first-order chi connectivity index (χ1) is 11.0. The number of nitrogens with zero attached hydrogens (tertiary/aromatic N) is 4. The number of furan rings is 1. The number of hydrogen-bond acceptors (Lipinski definition) is 6. The molecule has 23 heavy (non-hydrogen) atoms. The summed E-state index contributed by atoms with van der Waals surface area (Å²) >= 11 is 0. The Kier molecular flexibility index (Phi) is 3.59. The van der Waals surface area contributed by atoms with Gasteiger partial charge in [0.05, 0.1) is 6.07 Å². The monoisotopic (exact) mass is 313 g/mol. The van der Waals surface area contributed by atoms with Crippen LogP contribution in [0.5, 0.6) is 0 Å². The van der Waals surface area contributed by atoms with E-state index < -0.39 is 16.7 Å². The summed E-state index contributed by atoms with van der Waals surface area (Å²) in [7, 11) is 1.77. The normalized spacial score (nSPS) is 10.5. The van der Waals surface area contributed by atoms with Crippen molar-refractivity contribution in [2.24, 2.45) is 7.05 Å². The molecule has 0 radical (unpaired) electrons. The first kappa shape index (κ1) is 14.4. The topological polar surface area (TPSA) is 116 Å². The van der Waals surface area contributed by atoms with Crippen LogP contribution in [0.4, 0.5) is 11.6 Å². The molecule has 0 bridgehead atoms. The van der Waals surface area contributed by atoms with Crippen molar-refractivity contribution in [3.63, 3.8) is 0 Å². The van der Waals surface area contributed by atoms with E-state index in [2.05, 4.69) is 15.4 Å². The molecule has 0 saturated carbocycles. The highest BCUT2D eigenvalue weighted by Gasteiger charge is 2.17. The van der Waals surface area contributed by atoms with Crippen molar-refractivity contribution in [2.75, 3.05) is 5.32 Å². The van der Waals surface area contributed by atoms with Crippen LogP contribution in [-0.4, -0.2) is 25.6 Å². The lowest BCUT2D eigenvalue weighted by molar-refractivity contribution is -0.402. The number of nitro groups is 1. The Labute approximate surface area is 129 Å². The SMILES string of the molecule is Cn1cnc(-c2ccc(NC(=O)c3ccc([N+](=O)[O-])o3)cc2)n1. The molecule has 116 valence electrons. The molecule has 1 amide bonds. The van der Waals surface area contributed by atoms with Gasteiger partial charge in [-0.3, -0.25) is 19.6 Å². The summed E-state index contributed by atoms with van der Waals surface area (Å²) in [4.78, 5) is 25.9. The maximum Gasteiger partial charge on any atom is 0.433 e. The Morgan fingerprint density at radius 2 is 2.00 bits per heavy atom. The zero-order valence-corrected chi connectivity index (χ0v) is 12.0. The molecule has 0 fully saturated rings. The second-order valence-electron chi connectivity index (χ2n) is 4.67. The van der Waals surface area contributed by atoms with Gasteiger partial charge in [0.25, 0.3) is 5.91 Å². The van der Waals surface area contributed by atoms with Gasteiger partial charge in [-0.05, 0) is 30.3 Å². The Bertz CT molecular complexity index is 865. The lowest BCUT2D eigenvalue weighted by atomic mass is 10.2. The van der Waals surface area contributed by atoms with Gasteiger partial charge in [-0.2, -0.15) is 5.10 Å². The molecule has 0 saturated heterocycles. The van der Waals surface area contributed by atoms with Crippen LogP contribution >= 0.6 is 0 Å². The molecule has 0 aliphatic rings. The number of anilines is 1. The third-order valence-electron chi connectivity index (χ3n) is 3.00. The van der Waals surface area contributed by atoms with Gasteiger partial charge in [-0.1, -0.05) is 0 Å². The third kappa shape index (κ3) is 3.07. The number of carbonyl (C=O) groups is 1. The van der Waals surface area contributed by atoms with Crippen LogP contribution in [0, 0.1) is 10.1 Å². The molecule has 3 rings (SSSR count). The van der Waals surface area contributed by atoms with Gasteiger partial charge >= 0.3 is 5.88 Å². The van der Waals surface area contributed by atoms with E-state index in [0.717, 1.165) is 11.6 Å². The zero-order chi connectivity index (χ0) is 16.4. The Balaban J connectivity index is 1.72. The maximum atomic E-state index is 12.0. The molecule has 0 spiro atoms. The van der Waals surface area contributed by atoms with Crippen LogP contribution in [0.1, 0.15) is 10.6 Å². The minimum Gasteiger partial charge on any atom is -0.395 e. The fraction of sp³-hybridized carbons (Fsp3) is 0.0714. The number of hydrogen-bond donors (Lipinski definition) is 1. The number of carbonyl (C=O) groups excluding carboxylic acids is 1. The van der Waals surface area contributed by atoms with E-state index in [4.69, 9.17) is 4.42 Å². The van der Waals surface area contributed by atoms with Gasteiger partial charge in [-0.15, -0.1) is 0 Å². The fourth-order valence-electron chi connectivity index (χ4n) is 1.91. The average Bonchev–Trinajstić information content (AvgIpc) is 3.17. The summed E-state index contributed by atoms with van der Waals surface area (Å²) in [6.45, 7) is 0. The zero-order valence-electron chi connectivity index (χ0n) is 12.0. The molecule has 2 heterocycles. The molecule has 3 aromatic rings. The van der Waals surface area contributed by atoms with E-state index in [1.54, 1.807) is 42.3 Å². The minimum absolute atomic E-state index is 0.132. The van der Waals surface area contributed by atoms with Gasteiger partial charge in [0.15, 0.2) is 11.6 Å². The van der Waals surface area contributed by atoms with Crippen molar-refractivity contribution < 1.29 is 14.1 Å². The van der Waals surface area contributed by atoms with Gasteiger partial charge < -0.3 is 9.73 Å². The highest BCUT2D eigenvalue weighted by Crippen LogP contribution is 2.20.